The molecule has 0 aliphatic heterocycles. The molecule has 1 aromatic carbocycles. The van der Waals surface area contributed by atoms with Crippen molar-refractivity contribution in [2.45, 2.75) is 17.9 Å². The maximum Gasteiger partial charge on any atom is 0.162 e. The van der Waals surface area contributed by atoms with Crippen LogP contribution in [0.25, 0.3) is 0 Å². The van der Waals surface area contributed by atoms with Gasteiger partial charge in [0.1, 0.15) is 16.6 Å². The van der Waals surface area contributed by atoms with Crippen LogP contribution in [0.5, 0.6) is 0 Å². The van der Waals surface area contributed by atoms with Gasteiger partial charge in [0.25, 0.3) is 0 Å². The molecule has 0 amide bonds. The van der Waals surface area contributed by atoms with Gasteiger partial charge in [0.05, 0.1) is 6.04 Å². The largest absolute Gasteiger partial charge is 0.357 e. The minimum Gasteiger partial charge on any atom is -0.357 e. The molecule has 4 nitrogen and oxygen atoms in total. The second-order valence-corrected chi connectivity index (χ2v) is 7.06. The number of aromatic nitrogens is 1. The highest BCUT2D eigenvalue weighted by molar-refractivity contribution is 7.84. The van der Waals surface area contributed by atoms with Gasteiger partial charge < -0.3 is 4.90 Å². The molecule has 0 saturated carbocycles. The molecular formula is C14H14ClN3OS2. The Balaban J connectivity index is 2.28. The van der Waals surface area contributed by atoms with E-state index in [0.717, 1.165) is 15.5 Å². The number of hydrogen-bond donors (Lipinski definition) is 0. The predicted molar refractivity (Wildman–Crippen MR) is 87.4 cm³/mol. The van der Waals surface area contributed by atoms with Gasteiger partial charge >= 0.3 is 0 Å². The highest BCUT2D eigenvalue weighted by Gasteiger charge is 2.20. The Bertz CT molecular complexity index is 706. The lowest BCUT2D eigenvalue weighted by atomic mass is 10.1. The summed E-state index contributed by atoms with van der Waals surface area (Å²) in [6.45, 7) is 2.03. The second kappa shape index (κ2) is 6.56. The molecular weight excluding hydrogens is 326 g/mol. The molecule has 0 aliphatic rings. The van der Waals surface area contributed by atoms with E-state index >= 15 is 0 Å². The van der Waals surface area contributed by atoms with Gasteiger partial charge in [-0.3, -0.25) is 4.21 Å². The lowest BCUT2D eigenvalue weighted by Crippen LogP contribution is -2.21. The fourth-order valence-corrected chi connectivity index (χ4v) is 3.52. The van der Waals surface area contributed by atoms with Gasteiger partial charge in [-0.1, -0.05) is 23.7 Å². The van der Waals surface area contributed by atoms with Crippen molar-refractivity contribution in [2.75, 3.05) is 18.2 Å². The Morgan fingerprint density at radius 2 is 2.05 bits per heavy atom. The standard InChI is InChI=1S/C14H14ClN3OS2/c1-9(10-4-6-11(7-5-10)21(3)19)18(2)14-12(8-16)13(15)17-20-14/h4-7,9H,1-3H3. The van der Waals surface area contributed by atoms with Crippen molar-refractivity contribution < 1.29 is 4.21 Å². The van der Waals surface area contributed by atoms with Crippen LogP contribution in [0.4, 0.5) is 5.00 Å². The number of nitrogens with zero attached hydrogens (tertiary/aromatic N) is 3. The van der Waals surface area contributed by atoms with E-state index in [1.807, 2.05) is 43.1 Å². The zero-order chi connectivity index (χ0) is 15.6. The maximum absolute atomic E-state index is 11.4. The van der Waals surface area contributed by atoms with Crippen LogP contribution in [0.15, 0.2) is 29.2 Å². The minimum atomic E-state index is -0.981. The molecule has 1 heterocycles. The third-order valence-electron chi connectivity index (χ3n) is 3.34. The highest BCUT2D eigenvalue weighted by Crippen LogP contribution is 2.35. The first-order valence-electron chi connectivity index (χ1n) is 6.17. The van der Waals surface area contributed by atoms with Crippen molar-refractivity contribution in [3.05, 3.63) is 40.5 Å². The molecule has 21 heavy (non-hydrogen) atoms. The van der Waals surface area contributed by atoms with Gasteiger partial charge in [-0.05, 0) is 36.2 Å². The van der Waals surface area contributed by atoms with E-state index in [-0.39, 0.29) is 11.2 Å². The molecule has 2 aromatic rings. The number of benzene rings is 1. The zero-order valence-corrected chi connectivity index (χ0v) is 14.2. The number of nitriles is 1. The quantitative estimate of drug-likeness (QED) is 0.854. The molecule has 0 N–H and O–H groups in total. The molecule has 0 saturated heterocycles. The minimum absolute atomic E-state index is 0.0490. The molecule has 2 unspecified atom stereocenters. The van der Waals surface area contributed by atoms with Crippen LogP contribution >= 0.6 is 23.1 Å². The number of hydrogen-bond acceptors (Lipinski definition) is 5. The first-order chi connectivity index (χ1) is 9.95. The van der Waals surface area contributed by atoms with E-state index in [1.165, 1.54) is 11.5 Å². The van der Waals surface area contributed by atoms with E-state index in [2.05, 4.69) is 10.4 Å². The summed E-state index contributed by atoms with van der Waals surface area (Å²) in [5.74, 6) is 0. The van der Waals surface area contributed by atoms with Crippen molar-refractivity contribution in [2.24, 2.45) is 0 Å². The second-order valence-electron chi connectivity index (χ2n) is 4.58. The topological polar surface area (TPSA) is 57.0 Å². The summed E-state index contributed by atoms with van der Waals surface area (Å²) in [6.07, 6.45) is 1.66. The molecule has 0 fully saturated rings. The Morgan fingerprint density at radius 1 is 1.43 bits per heavy atom. The Hall–Kier alpha value is -1.42. The molecule has 110 valence electrons. The van der Waals surface area contributed by atoms with Gasteiger partial charge in [-0.25, -0.2) is 0 Å². The summed E-state index contributed by atoms with van der Waals surface area (Å²) < 4.78 is 15.4. The van der Waals surface area contributed by atoms with Crippen LogP contribution in [0.3, 0.4) is 0 Å². The van der Waals surface area contributed by atoms with E-state index in [9.17, 15) is 4.21 Å². The van der Waals surface area contributed by atoms with Crippen LogP contribution in [0.2, 0.25) is 5.15 Å². The van der Waals surface area contributed by atoms with Gasteiger partial charge in [-0.2, -0.15) is 9.64 Å². The Kier molecular flexibility index (Phi) is 4.99. The van der Waals surface area contributed by atoms with Crippen molar-refractivity contribution in [1.82, 2.24) is 4.37 Å². The lowest BCUT2D eigenvalue weighted by Gasteiger charge is -2.25. The molecule has 0 aliphatic carbocycles. The monoisotopic (exact) mass is 339 g/mol. The van der Waals surface area contributed by atoms with E-state index in [0.29, 0.717) is 5.56 Å². The smallest absolute Gasteiger partial charge is 0.162 e. The highest BCUT2D eigenvalue weighted by atomic mass is 35.5. The van der Waals surface area contributed by atoms with Crippen LogP contribution in [0, 0.1) is 11.3 Å². The molecule has 2 atom stereocenters. The van der Waals surface area contributed by atoms with Crippen molar-refractivity contribution in [1.29, 1.82) is 5.26 Å². The number of anilines is 1. The van der Waals surface area contributed by atoms with E-state index in [4.69, 9.17) is 16.9 Å². The molecule has 0 bridgehead atoms. The fraction of sp³-hybridized carbons (Fsp3) is 0.286. The van der Waals surface area contributed by atoms with Crippen molar-refractivity contribution in [3.63, 3.8) is 0 Å². The third-order valence-corrected chi connectivity index (χ3v) is 5.59. The maximum atomic E-state index is 11.4. The molecule has 1 aromatic heterocycles. The van der Waals surface area contributed by atoms with E-state index in [1.54, 1.807) is 6.26 Å². The lowest BCUT2D eigenvalue weighted by molar-refractivity contribution is 0.686. The van der Waals surface area contributed by atoms with Crippen molar-refractivity contribution >= 4 is 38.9 Å². The Labute approximate surface area is 135 Å². The van der Waals surface area contributed by atoms with Crippen LogP contribution in [-0.4, -0.2) is 21.9 Å². The van der Waals surface area contributed by atoms with E-state index < -0.39 is 10.8 Å². The zero-order valence-electron chi connectivity index (χ0n) is 11.8. The summed E-state index contributed by atoms with van der Waals surface area (Å²) in [7, 11) is 0.923. The van der Waals surface area contributed by atoms with Gasteiger partial charge in [-0.15, -0.1) is 0 Å². The first kappa shape index (κ1) is 16.0. The summed E-state index contributed by atoms with van der Waals surface area (Å²) in [4.78, 5) is 2.77. The predicted octanol–water partition coefficient (Wildman–Crippen LogP) is 3.60. The number of rotatable bonds is 4. The molecule has 0 spiro atoms. The Morgan fingerprint density at radius 3 is 2.57 bits per heavy atom. The fourth-order valence-electron chi connectivity index (χ4n) is 1.94. The van der Waals surface area contributed by atoms with Gasteiger partial charge in [0.2, 0.25) is 0 Å². The SMILES string of the molecule is CC(c1ccc(S(C)=O)cc1)N(C)c1snc(Cl)c1C#N. The van der Waals surface area contributed by atoms with Crippen molar-refractivity contribution in [3.8, 4) is 6.07 Å². The summed E-state index contributed by atoms with van der Waals surface area (Å²) in [5.41, 5.74) is 1.47. The average Bonchev–Trinajstić information content (AvgIpc) is 2.86. The van der Waals surface area contributed by atoms with Crippen LogP contribution in [-0.2, 0) is 10.8 Å². The summed E-state index contributed by atoms with van der Waals surface area (Å²) in [6, 6.07) is 9.76. The van der Waals surface area contributed by atoms with Gasteiger partial charge in [0, 0.05) is 29.0 Å². The normalized spacial score (nSPS) is 13.5. The number of halogens is 1. The summed E-state index contributed by atoms with van der Waals surface area (Å²) >= 11 is 7.12. The molecule has 7 heteroatoms. The first-order valence-corrected chi connectivity index (χ1v) is 8.88. The third kappa shape index (κ3) is 3.26. The molecule has 0 radical (unpaired) electrons. The van der Waals surface area contributed by atoms with Crippen LogP contribution in [0.1, 0.15) is 24.1 Å². The average molecular weight is 340 g/mol. The van der Waals surface area contributed by atoms with Gasteiger partial charge in [0.15, 0.2) is 5.15 Å². The van der Waals surface area contributed by atoms with Crippen LogP contribution < -0.4 is 4.90 Å². The summed E-state index contributed by atoms with van der Waals surface area (Å²) in [5, 5.41) is 10.2. The molecule has 2 rings (SSSR count).